The summed E-state index contributed by atoms with van der Waals surface area (Å²) in [4.78, 5) is 21.3. The van der Waals surface area contributed by atoms with Gasteiger partial charge in [0.15, 0.2) is 0 Å². The summed E-state index contributed by atoms with van der Waals surface area (Å²) in [5.41, 5.74) is 0.263. The summed E-state index contributed by atoms with van der Waals surface area (Å²) in [6, 6.07) is 1.59. The van der Waals surface area contributed by atoms with Gasteiger partial charge in [-0.1, -0.05) is 0 Å². The summed E-state index contributed by atoms with van der Waals surface area (Å²) in [7, 11) is 0. The van der Waals surface area contributed by atoms with E-state index in [1.165, 1.54) is 12.4 Å². The number of aromatic nitrogens is 3. The highest BCUT2D eigenvalue weighted by atomic mass is 35.5. The molecule has 0 saturated carbocycles. The van der Waals surface area contributed by atoms with Gasteiger partial charge in [-0.05, 0) is 24.6 Å². The third kappa shape index (κ3) is 2.79. The van der Waals surface area contributed by atoms with E-state index in [-0.39, 0.29) is 10.8 Å². The molecule has 15 heavy (non-hydrogen) atoms. The second kappa shape index (κ2) is 5.13. The van der Waals surface area contributed by atoms with E-state index in [1.807, 2.05) is 0 Å². The van der Waals surface area contributed by atoms with Crippen LogP contribution in [-0.2, 0) is 0 Å². The SMILES string of the molecule is C#CC.O=c1[nH]c(Cl)nc2cnccc12. The van der Waals surface area contributed by atoms with Crippen LogP contribution in [0.1, 0.15) is 6.92 Å². The molecule has 2 aromatic heterocycles. The van der Waals surface area contributed by atoms with Gasteiger partial charge in [0.05, 0.1) is 17.1 Å². The van der Waals surface area contributed by atoms with Crippen LogP contribution in [0.3, 0.4) is 0 Å². The van der Waals surface area contributed by atoms with Crippen LogP contribution in [0.15, 0.2) is 23.3 Å². The van der Waals surface area contributed by atoms with Crippen LogP contribution >= 0.6 is 11.6 Å². The van der Waals surface area contributed by atoms with Gasteiger partial charge in [-0.25, -0.2) is 4.98 Å². The van der Waals surface area contributed by atoms with Crippen molar-refractivity contribution in [2.45, 2.75) is 6.92 Å². The molecule has 4 nitrogen and oxygen atoms in total. The summed E-state index contributed by atoms with van der Waals surface area (Å²) < 4.78 is 0. The molecule has 0 spiro atoms. The molecule has 5 heteroatoms. The van der Waals surface area contributed by atoms with Gasteiger partial charge in [0.25, 0.3) is 5.56 Å². The highest BCUT2D eigenvalue weighted by Gasteiger charge is 1.99. The number of fused-ring (bicyclic) bond motifs is 1. The van der Waals surface area contributed by atoms with Crippen LogP contribution in [0, 0.1) is 12.3 Å². The predicted molar refractivity (Wildman–Crippen MR) is 59.7 cm³/mol. The van der Waals surface area contributed by atoms with E-state index < -0.39 is 0 Å². The molecule has 0 unspecified atom stereocenters. The summed E-state index contributed by atoms with van der Waals surface area (Å²) >= 11 is 5.53. The molecular formula is C10H8ClN3O. The maximum Gasteiger partial charge on any atom is 0.259 e. The average molecular weight is 222 g/mol. The fraction of sp³-hybridized carbons (Fsp3) is 0.100. The fourth-order valence-electron chi connectivity index (χ4n) is 0.962. The first-order valence-corrected chi connectivity index (χ1v) is 4.43. The van der Waals surface area contributed by atoms with Crippen LogP contribution in [0.25, 0.3) is 10.9 Å². The molecular weight excluding hydrogens is 214 g/mol. The van der Waals surface area contributed by atoms with E-state index in [1.54, 1.807) is 13.0 Å². The quantitative estimate of drug-likeness (QED) is 0.543. The number of H-pyrrole nitrogens is 1. The second-order valence-electron chi connectivity index (χ2n) is 2.54. The van der Waals surface area contributed by atoms with Gasteiger partial charge in [-0.3, -0.25) is 14.8 Å². The Hall–Kier alpha value is -1.86. The number of terminal acetylenes is 1. The lowest BCUT2D eigenvalue weighted by molar-refractivity contribution is 1.16. The third-order valence-corrected chi connectivity index (χ3v) is 1.66. The van der Waals surface area contributed by atoms with E-state index in [9.17, 15) is 4.79 Å². The van der Waals surface area contributed by atoms with Crippen LogP contribution in [-0.4, -0.2) is 15.0 Å². The highest BCUT2D eigenvalue weighted by Crippen LogP contribution is 2.05. The molecule has 0 bridgehead atoms. The Kier molecular flexibility index (Phi) is 3.83. The van der Waals surface area contributed by atoms with E-state index in [4.69, 9.17) is 11.6 Å². The van der Waals surface area contributed by atoms with Crippen molar-refractivity contribution in [3.8, 4) is 12.3 Å². The summed E-state index contributed by atoms with van der Waals surface area (Å²) in [6.45, 7) is 1.65. The number of hydrogen-bond acceptors (Lipinski definition) is 3. The number of nitrogens with zero attached hydrogens (tertiary/aromatic N) is 2. The maximum atomic E-state index is 11.2. The van der Waals surface area contributed by atoms with Crippen molar-refractivity contribution in [1.82, 2.24) is 15.0 Å². The predicted octanol–water partition coefficient (Wildman–Crippen LogP) is 1.61. The lowest BCUT2D eigenvalue weighted by Gasteiger charge is -1.94. The molecule has 0 aliphatic heterocycles. The monoisotopic (exact) mass is 221 g/mol. The molecule has 0 aliphatic rings. The Morgan fingerprint density at radius 2 is 2.27 bits per heavy atom. The van der Waals surface area contributed by atoms with Crippen molar-refractivity contribution in [2.24, 2.45) is 0 Å². The van der Waals surface area contributed by atoms with E-state index in [0.29, 0.717) is 10.9 Å². The third-order valence-electron chi connectivity index (χ3n) is 1.48. The Bertz CT molecular complexity index is 556. The highest BCUT2D eigenvalue weighted by molar-refractivity contribution is 6.28. The lowest BCUT2D eigenvalue weighted by Crippen LogP contribution is -2.07. The minimum atomic E-state index is -0.243. The van der Waals surface area contributed by atoms with Gasteiger partial charge >= 0.3 is 0 Å². The molecule has 2 aromatic rings. The van der Waals surface area contributed by atoms with E-state index >= 15 is 0 Å². The number of hydrogen-bond donors (Lipinski definition) is 1. The number of nitrogens with one attached hydrogen (secondary N) is 1. The van der Waals surface area contributed by atoms with Crippen LogP contribution < -0.4 is 5.56 Å². The molecule has 0 aliphatic carbocycles. The summed E-state index contributed by atoms with van der Waals surface area (Å²) in [6.07, 6.45) is 7.63. The zero-order valence-electron chi connectivity index (χ0n) is 7.99. The smallest absolute Gasteiger partial charge is 0.259 e. The molecule has 0 aromatic carbocycles. The fourth-order valence-corrected chi connectivity index (χ4v) is 1.14. The molecule has 1 N–H and O–H groups in total. The second-order valence-corrected chi connectivity index (χ2v) is 2.90. The standard InChI is InChI=1S/C7H4ClN3O.C3H4/c8-7-10-5-3-9-2-1-4(5)6(12)11-7;1-3-2/h1-3H,(H,10,11,12);1H,2H3. The maximum absolute atomic E-state index is 11.2. The molecule has 0 amide bonds. The number of rotatable bonds is 0. The Morgan fingerprint density at radius 3 is 2.93 bits per heavy atom. The normalized spacial score (nSPS) is 8.87. The van der Waals surface area contributed by atoms with Crippen molar-refractivity contribution >= 4 is 22.5 Å². The van der Waals surface area contributed by atoms with E-state index in [0.717, 1.165) is 0 Å². The molecule has 0 radical (unpaired) electrons. The van der Waals surface area contributed by atoms with Gasteiger partial charge < -0.3 is 0 Å². The Labute approximate surface area is 91.3 Å². The molecule has 2 rings (SSSR count). The van der Waals surface area contributed by atoms with Gasteiger partial charge in [0, 0.05) is 6.20 Å². The molecule has 76 valence electrons. The topological polar surface area (TPSA) is 58.6 Å². The number of aromatic amines is 1. The van der Waals surface area contributed by atoms with Crippen molar-refractivity contribution in [1.29, 1.82) is 0 Å². The van der Waals surface area contributed by atoms with Crippen molar-refractivity contribution in [3.63, 3.8) is 0 Å². The molecule has 2 heterocycles. The van der Waals surface area contributed by atoms with Crippen LogP contribution in [0.5, 0.6) is 0 Å². The van der Waals surface area contributed by atoms with Crippen LogP contribution in [0.2, 0.25) is 5.28 Å². The summed E-state index contributed by atoms with van der Waals surface area (Å²) in [5, 5.41) is 0.579. The molecule has 0 fully saturated rings. The minimum Gasteiger partial charge on any atom is -0.297 e. The molecule has 0 saturated heterocycles. The summed E-state index contributed by atoms with van der Waals surface area (Å²) in [5.74, 6) is 2.25. The lowest BCUT2D eigenvalue weighted by atomic mass is 10.3. The van der Waals surface area contributed by atoms with Crippen molar-refractivity contribution in [2.75, 3.05) is 0 Å². The van der Waals surface area contributed by atoms with Crippen molar-refractivity contribution in [3.05, 3.63) is 34.1 Å². The van der Waals surface area contributed by atoms with Crippen molar-refractivity contribution < 1.29 is 0 Å². The first-order valence-electron chi connectivity index (χ1n) is 4.06. The van der Waals surface area contributed by atoms with Gasteiger partial charge in [0.2, 0.25) is 5.28 Å². The van der Waals surface area contributed by atoms with Crippen LogP contribution in [0.4, 0.5) is 0 Å². The zero-order chi connectivity index (χ0) is 11.3. The Balaban J connectivity index is 0.000000337. The van der Waals surface area contributed by atoms with Gasteiger partial charge in [-0.2, -0.15) is 0 Å². The Morgan fingerprint density at radius 1 is 1.60 bits per heavy atom. The average Bonchev–Trinajstić information content (AvgIpc) is 2.18. The largest absolute Gasteiger partial charge is 0.297 e. The van der Waals surface area contributed by atoms with Gasteiger partial charge in [0.1, 0.15) is 0 Å². The zero-order valence-corrected chi connectivity index (χ0v) is 8.75. The minimum absolute atomic E-state index is 0.0838. The first-order chi connectivity index (χ1) is 7.19. The van der Waals surface area contributed by atoms with Gasteiger partial charge in [-0.15, -0.1) is 12.3 Å². The number of pyridine rings is 1. The molecule has 0 atom stereocenters. The first kappa shape index (κ1) is 11.2. The number of halogens is 1. The van der Waals surface area contributed by atoms with E-state index in [2.05, 4.69) is 27.3 Å².